The Bertz CT molecular complexity index is 1090. The largest absolute Gasteiger partial charge is 0.426 e. The van der Waals surface area contributed by atoms with Crippen LogP contribution in [0.4, 0.5) is 10.1 Å². The Morgan fingerprint density at radius 3 is 2.32 bits per heavy atom. The smallest absolute Gasteiger partial charge is 0.312 e. The summed E-state index contributed by atoms with van der Waals surface area (Å²) in [6, 6.07) is 18.9. The summed E-state index contributed by atoms with van der Waals surface area (Å²) in [5.74, 6) is -1.51. The molecule has 2 N–H and O–H groups in total. The zero-order valence-electron chi connectivity index (χ0n) is 16.2. The summed E-state index contributed by atoms with van der Waals surface area (Å²) in [6.45, 7) is 0.0336. The maximum atomic E-state index is 13.3. The molecule has 0 spiro atoms. The Balaban J connectivity index is 1.45. The molecule has 31 heavy (non-hydrogen) atoms. The maximum Gasteiger partial charge on any atom is 0.312 e. The van der Waals surface area contributed by atoms with Gasteiger partial charge >= 0.3 is 5.97 Å². The van der Waals surface area contributed by atoms with Gasteiger partial charge in [-0.1, -0.05) is 18.2 Å². The van der Waals surface area contributed by atoms with Crippen LogP contribution in [0.25, 0.3) is 0 Å². The molecule has 0 atom stereocenters. The summed E-state index contributed by atoms with van der Waals surface area (Å²) >= 11 is 3.18. The Kier molecular flexibility index (Phi) is 7.50. The minimum atomic E-state index is -0.542. The lowest BCUT2D eigenvalue weighted by Gasteiger charge is -2.09. The van der Waals surface area contributed by atoms with Gasteiger partial charge in [-0.05, 0) is 70.5 Å². The molecule has 3 aromatic carbocycles. The standard InChI is InChI=1S/C23H18BrFN2O4/c24-20-11-6-16(25)14-19(20)23(30)26-13-12-21(28)31-18-9-7-17(8-10-18)27-22(29)15-4-2-1-3-5-15/h1-11,14H,12-13H2,(H,26,30)(H,27,29). The van der Waals surface area contributed by atoms with Gasteiger partial charge in [0.05, 0.1) is 12.0 Å². The first-order valence-corrected chi connectivity index (χ1v) is 10.1. The molecule has 0 aliphatic rings. The molecular formula is C23H18BrFN2O4. The first-order valence-electron chi connectivity index (χ1n) is 9.33. The summed E-state index contributed by atoms with van der Waals surface area (Å²) in [5, 5.41) is 5.30. The molecule has 0 aliphatic heterocycles. The van der Waals surface area contributed by atoms with Crippen molar-refractivity contribution in [2.75, 3.05) is 11.9 Å². The van der Waals surface area contributed by atoms with Crippen LogP contribution in [0.3, 0.4) is 0 Å². The maximum absolute atomic E-state index is 13.3. The van der Waals surface area contributed by atoms with Crippen molar-refractivity contribution in [3.05, 3.63) is 94.2 Å². The van der Waals surface area contributed by atoms with Gasteiger partial charge in [-0.25, -0.2) is 4.39 Å². The van der Waals surface area contributed by atoms with Crippen LogP contribution in [-0.2, 0) is 4.79 Å². The number of amides is 2. The second kappa shape index (κ2) is 10.5. The monoisotopic (exact) mass is 484 g/mol. The van der Waals surface area contributed by atoms with Gasteiger partial charge in [-0.15, -0.1) is 0 Å². The Morgan fingerprint density at radius 2 is 1.61 bits per heavy atom. The van der Waals surface area contributed by atoms with E-state index in [2.05, 4.69) is 26.6 Å². The number of benzene rings is 3. The first-order chi connectivity index (χ1) is 14.9. The fourth-order valence-corrected chi connectivity index (χ4v) is 3.05. The molecule has 6 nitrogen and oxygen atoms in total. The van der Waals surface area contributed by atoms with E-state index in [0.717, 1.165) is 6.07 Å². The van der Waals surface area contributed by atoms with E-state index in [1.807, 2.05) is 6.07 Å². The first kappa shape index (κ1) is 22.2. The van der Waals surface area contributed by atoms with Crippen LogP contribution in [0, 0.1) is 5.82 Å². The van der Waals surface area contributed by atoms with Gasteiger partial charge < -0.3 is 15.4 Å². The SMILES string of the molecule is O=C(CCNC(=O)c1cc(F)ccc1Br)Oc1ccc(NC(=O)c2ccccc2)cc1. The molecule has 0 unspecified atom stereocenters. The highest BCUT2D eigenvalue weighted by Gasteiger charge is 2.12. The second-order valence-electron chi connectivity index (χ2n) is 6.45. The predicted octanol–water partition coefficient (Wildman–Crippen LogP) is 4.57. The molecule has 0 heterocycles. The van der Waals surface area contributed by atoms with E-state index >= 15 is 0 Å². The highest BCUT2D eigenvalue weighted by Crippen LogP contribution is 2.18. The number of anilines is 1. The van der Waals surface area contributed by atoms with Gasteiger partial charge in [0, 0.05) is 22.3 Å². The van der Waals surface area contributed by atoms with Crippen LogP contribution in [0.15, 0.2) is 77.3 Å². The molecule has 8 heteroatoms. The number of esters is 1. The van der Waals surface area contributed by atoms with Gasteiger partial charge in [0.2, 0.25) is 0 Å². The van der Waals surface area contributed by atoms with Crippen molar-refractivity contribution in [3.63, 3.8) is 0 Å². The van der Waals surface area contributed by atoms with E-state index < -0.39 is 17.7 Å². The number of carbonyl (C=O) groups excluding carboxylic acids is 3. The van der Waals surface area contributed by atoms with Crippen molar-refractivity contribution < 1.29 is 23.5 Å². The van der Waals surface area contributed by atoms with Crippen molar-refractivity contribution in [2.45, 2.75) is 6.42 Å². The lowest BCUT2D eigenvalue weighted by Crippen LogP contribution is -2.27. The van der Waals surface area contributed by atoms with Crippen LogP contribution in [-0.4, -0.2) is 24.3 Å². The number of hydrogen-bond donors (Lipinski definition) is 2. The molecule has 2 amide bonds. The molecule has 158 valence electrons. The molecule has 0 aliphatic carbocycles. The fraction of sp³-hybridized carbons (Fsp3) is 0.0870. The zero-order valence-corrected chi connectivity index (χ0v) is 17.8. The molecule has 3 rings (SSSR count). The third-order valence-corrected chi connectivity index (χ3v) is 4.86. The Hall–Kier alpha value is -3.52. The lowest BCUT2D eigenvalue weighted by molar-refractivity contribution is -0.134. The minimum absolute atomic E-state index is 0.0336. The van der Waals surface area contributed by atoms with E-state index in [9.17, 15) is 18.8 Å². The molecule has 0 radical (unpaired) electrons. The predicted molar refractivity (Wildman–Crippen MR) is 118 cm³/mol. The third kappa shape index (κ3) is 6.48. The fourth-order valence-electron chi connectivity index (χ4n) is 2.63. The molecule has 0 saturated carbocycles. The van der Waals surface area contributed by atoms with Gasteiger partial charge in [0.15, 0.2) is 0 Å². The van der Waals surface area contributed by atoms with Crippen LogP contribution < -0.4 is 15.4 Å². The molecule has 3 aromatic rings. The summed E-state index contributed by atoms with van der Waals surface area (Å²) in [4.78, 5) is 36.2. The van der Waals surface area contributed by atoms with E-state index in [4.69, 9.17) is 4.74 Å². The van der Waals surface area contributed by atoms with Crippen LogP contribution in [0.1, 0.15) is 27.1 Å². The molecule has 0 bridgehead atoms. The van der Waals surface area contributed by atoms with Crippen LogP contribution in [0.2, 0.25) is 0 Å². The summed E-state index contributed by atoms with van der Waals surface area (Å²) in [5.41, 5.74) is 1.23. The normalized spacial score (nSPS) is 10.3. The van der Waals surface area contributed by atoms with Gasteiger partial charge in [0.1, 0.15) is 11.6 Å². The number of hydrogen-bond acceptors (Lipinski definition) is 4. The number of ether oxygens (including phenoxy) is 1. The van der Waals surface area contributed by atoms with Crippen molar-refractivity contribution in [1.82, 2.24) is 5.32 Å². The molecule has 0 fully saturated rings. The summed E-state index contributed by atoms with van der Waals surface area (Å²) in [6.07, 6.45) is -0.0643. The molecule has 0 aromatic heterocycles. The quantitative estimate of drug-likeness (QED) is 0.380. The Morgan fingerprint density at radius 1 is 0.903 bits per heavy atom. The third-order valence-electron chi connectivity index (χ3n) is 4.17. The summed E-state index contributed by atoms with van der Waals surface area (Å²) < 4.78 is 19.0. The van der Waals surface area contributed by atoms with E-state index in [0.29, 0.717) is 21.5 Å². The topological polar surface area (TPSA) is 84.5 Å². The second-order valence-corrected chi connectivity index (χ2v) is 7.30. The van der Waals surface area contributed by atoms with Gasteiger partial charge in [-0.2, -0.15) is 0 Å². The van der Waals surface area contributed by atoms with E-state index in [1.165, 1.54) is 12.1 Å². The Labute approximate surface area is 186 Å². The van der Waals surface area contributed by atoms with Crippen LogP contribution in [0.5, 0.6) is 5.75 Å². The average Bonchev–Trinajstić information content (AvgIpc) is 2.77. The number of rotatable bonds is 7. The van der Waals surface area contributed by atoms with Crippen molar-refractivity contribution in [3.8, 4) is 5.75 Å². The lowest BCUT2D eigenvalue weighted by atomic mass is 10.2. The van der Waals surface area contributed by atoms with Crippen molar-refractivity contribution >= 4 is 39.4 Å². The van der Waals surface area contributed by atoms with Crippen molar-refractivity contribution in [1.29, 1.82) is 0 Å². The van der Waals surface area contributed by atoms with Gasteiger partial charge in [-0.3, -0.25) is 14.4 Å². The van der Waals surface area contributed by atoms with Gasteiger partial charge in [0.25, 0.3) is 11.8 Å². The summed E-state index contributed by atoms with van der Waals surface area (Å²) in [7, 11) is 0. The average molecular weight is 485 g/mol. The number of carbonyl (C=O) groups is 3. The van der Waals surface area contributed by atoms with Crippen molar-refractivity contribution in [2.24, 2.45) is 0 Å². The van der Waals surface area contributed by atoms with Crippen LogP contribution >= 0.6 is 15.9 Å². The highest BCUT2D eigenvalue weighted by molar-refractivity contribution is 9.10. The molecular weight excluding hydrogens is 467 g/mol. The molecule has 0 saturated heterocycles. The zero-order chi connectivity index (χ0) is 22.2. The number of nitrogens with one attached hydrogen (secondary N) is 2. The van der Waals surface area contributed by atoms with E-state index in [-0.39, 0.29) is 24.4 Å². The number of halogens is 2. The highest BCUT2D eigenvalue weighted by atomic mass is 79.9. The van der Waals surface area contributed by atoms with E-state index in [1.54, 1.807) is 48.5 Å². The minimum Gasteiger partial charge on any atom is -0.426 e.